The predicted molar refractivity (Wildman–Crippen MR) is 122 cm³/mol. The lowest BCUT2D eigenvalue weighted by atomic mass is 10.1. The first-order valence-corrected chi connectivity index (χ1v) is 11.0. The van der Waals surface area contributed by atoms with Crippen LogP contribution in [-0.4, -0.2) is 71.1 Å². The van der Waals surface area contributed by atoms with E-state index in [2.05, 4.69) is 26.4 Å². The Morgan fingerprint density at radius 3 is 2.66 bits per heavy atom. The number of nitrogens with one attached hydrogen (secondary N) is 1. The largest absolute Gasteiger partial charge is 0.490 e. The van der Waals surface area contributed by atoms with Crippen LogP contribution in [-0.2, 0) is 11.3 Å². The number of hydrogen-bond donors (Lipinski definition) is 3. The Hall–Kier alpha value is -2.79. The van der Waals surface area contributed by atoms with Crippen LogP contribution in [0, 0.1) is 13.8 Å². The van der Waals surface area contributed by atoms with E-state index in [1.54, 1.807) is 11.3 Å². The molecule has 0 aliphatic heterocycles. The molecule has 0 fully saturated rings. The Morgan fingerprint density at radius 1 is 1.28 bits per heavy atom. The monoisotopic (exact) mass is 460 g/mol. The molecule has 10 heteroatoms. The van der Waals surface area contributed by atoms with Crippen molar-refractivity contribution >= 4 is 17.2 Å². The zero-order chi connectivity index (χ0) is 23.3. The van der Waals surface area contributed by atoms with Gasteiger partial charge in [0.15, 0.2) is 0 Å². The average molecular weight is 461 g/mol. The maximum atomic E-state index is 11.1. The number of rotatable bonds is 10. The Kier molecular flexibility index (Phi) is 7.97. The third kappa shape index (κ3) is 6.13. The molecular weight excluding hydrogens is 432 g/mol. The summed E-state index contributed by atoms with van der Waals surface area (Å²) < 4.78 is 11.3. The van der Waals surface area contributed by atoms with E-state index in [1.807, 2.05) is 46.1 Å². The molecule has 2 aromatic heterocycles. The van der Waals surface area contributed by atoms with Crippen LogP contribution in [0.4, 0.5) is 0 Å². The number of amides is 1. The highest BCUT2D eigenvalue weighted by Crippen LogP contribution is 2.32. The van der Waals surface area contributed by atoms with Crippen molar-refractivity contribution in [3.63, 3.8) is 0 Å². The van der Waals surface area contributed by atoms with Gasteiger partial charge in [0.05, 0.1) is 4.88 Å². The van der Waals surface area contributed by atoms with Crippen LogP contribution in [0.3, 0.4) is 0 Å². The van der Waals surface area contributed by atoms with Gasteiger partial charge >= 0.3 is 0 Å². The number of carbonyl (C=O) groups excluding carboxylic acids is 1. The molecule has 32 heavy (non-hydrogen) atoms. The summed E-state index contributed by atoms with van der Waals surface area (Å²) in [5.41, 5.74) is 2.54. The van der Waals surface area contributed by atoms with Gasteiger partial charge < -0.3 is 29.7 Å². The van der Waals surface area contributed by atoms with Crippen LogP contribution in [0.15, 0.2) is 28.8 Å². The Morgan fingerprint density at radius 2 is 2.00 bits per heavy atom. The molecule has 0 saturated heterocycles. The fraction of sp³-hybridized carbons (Fsp3) is 0.409. The first-order chi connectivity index (χ1) is 15.3. The van der Waals surface area contributed by atoms with Gasteiger partial charge in [0.1, 0.15) is 25.1 Å². The number of benzene rings is 1. The molecule has 3 N–H and O–H groups in total. The summed E-state index contributed by atoms with van der Waals surface area (Å²) in [5, 5.41) is 25.2. The summed E-state index contributed by atoms with van der Waals surface area (Å²) in [6, 6.07) is 7.86. The molecule has 0 aliphatic rings. The summed E-state index contributed by atoms with van der Waals surface area (Å²) in [6.45, 7) is 4.05. The summed E-state index contributed by atoms with van der Waals surface area (Å²) >= 11 is 1.63. The Balaban J connectivity index is 1.68. The van der Waals surface area contributed by atoms with Gasteiger partial charge in [-0.05, 0) is 63.3 Å². The molecular formula is C22H28N4O5S. The van der Waals surface area contributed by atoms with E-state index in [9.17, 15) is 9.90 Å². The Bertz CT molecular complexity index is 1040. The number of nitrogens with zero attached hydrogens (tertiary/aromatic N) is 3. The third-order valence-electron chi connectivity index (χ3n) is 4.59. The van der Waals surface area contributed by atoms with E-state index >= 15 is 0 Å². The van der Waals surface area contributed by atoms with Crippen LogP contribution in [0.1, 0.15) is 16.0 Å². The van der Waals surface area contributed by atoms with Crippen molar-refractivity contribution in [2.75, 3.05) is 33.9 Å². The van der Waals surface area contributed by atoms with Crippen LogP contribution in [0.2, 0.25) is 0 Å². The second-order valence-corrected chi connectivity index (χ2v) is 8.96. The van der Waals surface area contributed by atoms with Crippen molar-refractivity contribution in [3.05, 3.63) is 40.3 Å². The molecule has 0 bridgehead atoms. The fourth-order valence-electron chi connectivity index (χ4n) is 3.16. The minimum Gasteiger partial charge on any atom is -0.490 e. The minimum atomic E-state index is -0.896. The maximum Gasteiger partial charge on any atom is 0.268 e. The maximum absolute atomic E-state index is 11.1. The van der Waals surface area contributed by atoms with Crippen LogP contribution in [0.5, 0.6) is 5.75 Å². The van der Waals surface area contributed by atoms with Crippen molar-refractivity contribution in [3.8, 4) is 27.9 Å². The highest BCUT2D eigenvalue weighted by atomic mass is 32.1. The van der Waals surface area contributed by atoms with E-state index in [4.69, 9.17) is 14.4 Å². The highest BCUT2D eigenvalue weighted by molar-refractivity contribution is 7.15. The van der Waals surface area contributed by atoms with Gasteiger partial charge in [-0.25, -0.2) is 0 Å². The summed E-state index contributed by atoms with van der Waals surface area (Å²) in [6.07, 6.45) is -0.896. The molecule has 1 atom stereocenters. The quantitative estimate of drug-likeness (QED) is 0.420. The molecule has 2 heterocycles. The molecule has 0 spiro atoms. The van der Waals surface area contributed by atoms with E-state index in [-0.39, 0.29) is 13.2 Å². The number of hydrogen-bond acceptors (Lipinski definition) is 9. The highest BCUT2D eigenvalue weighted by Gasteiger charge is 2.16. The minimum absolute atomic E-state index is 0.000185. The lowest BCUT2D eigenvalue weighted by molar-refractivity contribution is -0.124. The van der Waals surface area contributed by atoms with Crippen molar-refractivity contribution < 1.29 is 24.3 Å². The van der Waals surface area contributed by atoms with Gasteiger partial charge in [-0.3, -0.25) is 4.79 Å². The number of aliphatic hydroxyl groups is 2. The predicted octanol–water partition coefficient (Wildman–Crippen LogP) is 1.99. The molecule has 0 saturated carbocycles. The molecule has 9 nitrogen and oxygen atoms in total. The van der Waals surface area contributed by atoms with Crippen molar-refractivity contribution in [2.45, 2.75) is 26.5 Å². The number of aromatic nitrogens is 2. The lowest BCUT2D eigenvalue weighted by Gasteiger charge is -2.16. The van der Waals surface area contributed by atoms with Gasteiger partial charge in [0, 0.05) is 23.5 Å². The van der Waals surface area contributed by atoms with Gasteiger partial charge in [-0.1, -0.05) is 5.16 Å². The van der Waals surface area contributed by atoms with Crippen LogP contribution >= 0.6 is 11.3 Å². The SMILES string of the molecule is Cc1cc(-c2noc(-c3ccc(CN(C)C)s3)n2)cc(C)c1OC[C@H](O)CNC(=O)CO. The van der Waals surface area contributed by atoms with Gasteiger partial charge in [0.25, 0.3) is 5.89 Å². The molecule has 1 aromatic carbocycles. The second-order valence-electron chi connectivity index (χ2n) is 7.79. The number of ether oxygens (including phenoxy) is 1. The number of carbonyl (C=O) groups is 1. The van der Waals surface area contributed by atoms with Crippen molar-refractivity contribution in [1.82, 2.24) is 20.4 Å². The van der Waals surface area contributed by atoms with E-state index in [0.29, 0.717) is 17.5 Å². The molecule has 3 aromatic rings. The molecule has 172 valence electrons. The second kappa shape index (κ2) is 10.7. The van der Waals surface area contributed by atoms with E-state index < -0.39 is 18.6 Å². The standard InChI is InChI=1S/C22H28N4O5S/c1-13-7-15(8-14(2)20(13)30-12-16(28)9-23-19(29)11-27)21-24-22(31-25-21)18-6-5-17(32-18)10-26(3)4/h5-8,16,27-28H,9-12H2,1-4H3,(H,23,29)/t16-/m1/s1. The van der Waals surface area contributed by atoms with Crippen LogP contribution in [0.25, 0.3) is 22.2 Å². The normalized spacial score (nSPS) is 12.2. The summed E-state index contributed by atoms with van der Waals surface area (Å²) in [4.78, 5) is 19.9. The number of aryl methyl sites for hydroxylation is 2. The number of thiophene rings is 1. The topological polar surface area (TPSA) is 121 Å². The number of aliphatic hydroxyl groups excluding tert-OH is 2. The lowest BCUT2D eigenvalue weighted by Crippen LogP contribution is -2.36. The van der Waals surface area contributed by atoms with Gasteiger partial charge in [-0.15, -0.1) is 11.3 Å². The molecule has 0 radical (unpaired) electrons. The smallest absolute Gasteiger partial charge is 0.268 e. The van der Waals surface area contributed by atoms with E-state index in [0.717, 1.165) is 28.1 Å². The van der Waals surface area contributed by atoms with E-state index in [1.165, 1.54) is 4.88 Å². The zero-order valence-electron chi connectivity index (χ0n) is 18.6. The van der Waals surface area contributed by atoms with Gasteiger partial charge in [0.2, 0.25) is 11.7 Å². The van der Waals surface area contributed by atoms with Crippen molar-refractivity contribution in [1.29, 1.82) is 0 Å². The molecule has 3 rings (SSSR count). The first kappa shape index (κ1) is 23.9. The summed E-state index contributed by atoms with van der Waals surface area (Å²) in [5.74, 6) is 1.08. The Labute approximate surface area is 190 Å². The molecule has 1 amide bonds. The third-order valence-corrected chi connectivity index (χ3v) is 5.65. The van der Waals surface area contributed by atoms with Gasteiger partial charge in [-0.2, -0.15) is 4.98 Å². The first-order valence-electron chi connectivity index (χ1n) is 10.1. The van der Waals surface area contributed by atoms with Crippen LogP contribution < -0.4 is 10.1 Å². The summed E-state index contributed by atoms with van der Waals surface area (Å²) in [7, 11) is 4.05. The fourth-order valence-corrected chi connectivity index (χ4v) is 4.21. The average Bonchev–Trinajstić information content (AvgIpc) is 3.40. The molecule has 0 aliphatic carbocycles. The van der Waals surface area contributed by atoms with Crippen molar-refractivity contribution in [2.24, 2.45) is 0 Å². The molecule has 0 unspecified atom stereocenters. The zero-order valence-corrected chi connectivity index (χ0v) is 19.4.